The molecule has 2 N–H and O–H groups in total. The van der Waals surface area contributed by atoms with E-state index in [1.807, 2.05) is 66.7 Å². The van der Waals surface area contributed by atoms with Gasteiger partial charge in [-0.15, -0.1) is 0 Å². The molecule has 0 unspecified atom stereocenters. The van der Waals surface area contributed by atoms with Crippen LogP contribution in [0.3, 0.4) is 0 Å². The van der Waals surface area contributed by atoms with Gasteiger partial charge in [0.2, 0.25) is 0 Å². The van der Waals surface area contributed by atoms with Crippen molar-refractivity contribution in [3.05, 3.63) is 120 Å². The molecule has 0 saturated heterocycles. The summed E-state index contributed by atoms with van der Waals surface area (Å²) < 4.78 is 5.43. The molecule has 3 aromatic carbocycles. The number of rotatable bonds is 7. The van der Waals surface area contributed by atoms with Gasteiger partial charge >= 0.3 is 6.03 Å². The molecule has 0 bridgehead atoms. The molecule has 0 aliphatic carbocycles. The Labute approximate surface area is 186 Å². The first-order valence-electron chi connectivity index (χ1n) is 10.3. The number of hydrogen-bond donors (Lipinski definition) is 2. The minimum atomic E-state index is -0.258. The van der Waals surface area contributed by atoms with Crippen LogP contribution in [0.1, 0.15) is 21.7 Å². The number of hydrogen-bond acceptors (Lipinski definition) is 3. The second kappa shape index (κ2) is 10.1. The average Bonchev–Trinajstić information content (AvgIpc) is 3.34. The van der Waals surface area contributed by atoms with E-state index in [4.69, 9.17) is 4.42 Å². The lowest BCUT2D eigenvalue weighted by molar-refractivity contribution is 0.102. The number of amides is 3. The van der Waals surface area contributed by atoms with Crippen molar-refractivity contribution in [2.24, 2.45) is 0 Å². The maximum absolute atomic E-state index is 13.0. The Bertz CT molecular complexity index is 1140. The molecule has 0 aliphatic rings. The summed E-state index contributed by atoms with van der Waals surface area (Å²) in [7, 11) is 0. The summed E-state index contributed by atoms with van der Waals surface area (Å²) in [5, 5.41) is 5.75. The second-order valence-electron chi connectivity index (χ2n) is 7.25. The van der Waals surface area contributed by atoms with Crippen LogP contribution in [0.2, 0.25) is 0 Å². The first-order valence-corrected chi connectivity index (χ1v) is 10.3. The van der Waals surface area contributed by atoms with E-state index in [0.29, 0.717) is 30.1 Å². The number of urea groups is 1. The van der Waals surface area contributed by atoms with E-state index in [1.54, 1.807) is 41.5 Å². The highest BCUT2D eigenvalue weighted by Crippen LogP contribution is 2.16. The van der Waals surface area contributed by atoms with E-state index in [0.717, 1.165) is 11.3 Å². The summed E-state index contributed by atoms with van der Waals surface area (Å²) in [4.78, 5) is 27.1. The fourth-order valence-electron chi connectivity index (χ4n) is 3.23. The third-order valence-electron chi connectivity index (χ3n) is 4.86. The lowest BCUT2D eigenvalue weighted by Crippen LogP contribution is -2.34. The Morgan fingerprint density at radius 2 is 1.34 bits per heavy atom. The Morgan fingerprint density at radius 1 is 0.688 bits per heavy atom. The summed E-state index contributed by atoms with van der Waals surface area (Å²) >= 11 is 0. The van der Waals surface area contributed by atoms with Crippen molar-refractivity contribution < 1.29 is 14.0 Å². The minimum Gasteiger partial charge on any atom is -0.467 e. The van der Waals surface area contributed by atoms with Crippen LogP contribution in [-0.2, 0) is 13.1 Å². The molecule has 0 atom stereocenters. The van der Waals surface area contributed by atoms with E-state index in [2.05, 4.69) is 10.6 Å². The molecule has 6 heteroatoms. The number of benzene rings is 3. The van der Waals surface area contributed by atoms with E-state index in [9.17, 15) is 9.59 Å². The fraction of sp³-hybridized carbons (Fsp3) is 0.0769. The highest BCUT2D eigenvalue weighted by molar-refractivity contribution is 6.04. The number of nitrogens with one attached hydrogen (secondary N) is 2. The van der Waals surface area contributed by atoms with Crippen LogP contribution in [0, 0.1) is 0 Å². The van der Waals surface area contributed by atoms with Crippen molar-refractivity contribution in [1.82, 2.24) is 4.90 Å². The summed E-state index contributed by atoms with van der Waals surface area (Å²) in [5.74, 6) is 0.488. The van der Waals surface area contributed by atoms with Crippen LogP contribution >= 0.6 is 0 Å². The van der Waals surface area contributed by atoms with Gasteiger partial charge < -0.3 is 20.0 Å². The van der Waals surface area contributed by atoms with Crippen LogP contribution in [0.4, 0.5) is 16.2 Å². The SMILES string of the molecule is O=C(Nc1ccccc1)c1ccc(NC(=O)N(Cc2ccccc2)Cc2ccco2)cc1. The average molecular weight is 425 g/mol. The number of nitrogens with zero attached hydrogens (tertiary/aromatic N) is 1. The predicted molar refractivity (Wildman–Crippen MR) is 124 cm³/mol. The number of carbonyl (C=O) groups is 2. The van der Waals surface area contributed by atoms with E-state index >= 15 is 0 Å². The van der Waals surface area contributed by atoms with Gasteiger partial charge in [0, 0.05) is 23.5 Å². The van der Waals surface area contributed by atoms with E-state index in [1.165, 1.54) is 0 Å². The first-order chi connectivity index (χ1) is 15.7. The van der Waals surface area contributed by atoms with E-state index < -0.39 is 0 Å². The third kappa shape index (κ3) is 5.64. The van der Waals surface area contributed by atoms with Crippen LogP contribution in [0.15, 0.2) is 108 Å². The Hall–Kier alpha value is -4.32. The zero-order chi connectivity index (χ0) is 22.2. The number of anilines is 2. The Balaban J connectivity index is 1.42. The first kappa shape index (κ1) is 20.9. The molecule has 0 saturated carbocycles. The molecule has 1 aromatic heterocycles. The second-order valence-corrected chi connectivity index (χ2v) is 7.25. The highest BCUT2D eigenvalue weighted by Gasteiger charge is 2.16. The normalized spacial score (nSPS) is 10.4. The Kier molecular flexibility index (Phi) is 6.63. The van der Waals surface area contributed by atoms with Gasteiger partial charge in [-0.3, -0.25) is 4.79 Å². The quantitative estimate of drug-likeness (QED) is 0.395. The van der Waals surface area contributed by atoms with Gasteiger partial charge in [-0.1, -0.05) is 48.5 Å². The van der Waals surface area contributed by atoms with Crippen molar-refractivity contribution in [3.63, 3.8) is 0 Å². The maximum atomic E-state index is 13.0. The molecule has 0 radical (unpaired) electrons. The molecule has 4 aromatic rings. The molecular weight excluding hydrogens is 402 g/mol. The smallest absolute Gasteiger partial charge is 0.322 e. The number of carbonyl (C=O) groups excluding carboxylic acids is 2. The molecular formula is C26H23N3O3. The maximum Gasteiger partial charge on any atom is 0.322 e. The van der Waals surface area contributed by atoms with Crippen LogP contribution in [-0.4, -0.2) is 16.8 Å². The molecule has 6 nitrogen and oxygen atoms in total. The number of para-hydroxylation sites is 1. The standard InChI is InChI=1S/C26H23N3O3/c30-25(27-22-10-5-2-6-11-22)21-13-15-23(16-14-21)28-26(31)29(19-24-12-7-17-32-24)18-20-8-3-1-4-9-20/h1-17H,18-19H2,(H,27,30)(H,28,31). The van der Waals surface area contributed by atoms with Gasteiger partial charge in [-0.2, -0.15) is 0 Å². The highest BCUT2D eigenvalue weighted by atomic mass is 16.3. The van der Waals surface area contributed by atoms with Gasteiger partial charge in [0.05, 0.1) is 12.8 Å². The van der Waals surface area contributed by atoms with Crippen LogP contribution < -0.4 is 10.6 Å². The van der Waals surface area contributed by atoms with Crippen molar-refractivity contribution in [2.75, 3.05) is 10.6 Å². The molecule has 0 spiro atoms. The summed E-state index contributed by atoms with van der Waals surface area (Å²) in [5.41, 5.74) is 2.85. The molecule has 1 heterocycles. The molecule has 3 amide bonds. The summed E-state index contributed by atoms with van der Waals surface area (Å²) in [6.45, 7) is 0.774. The van der Waals surface area contributed by atoms with Crippen molar-refractivity contribution in [1.29, 1.82) is 0 Å². The zero-order valence-electron chi connectivity index (χ0n) is 17.4. The largest absolute Gasteiger partial charge is 0.467 e. The molecule has 0 fully saturated rings. The predicted octanol–water partition coefficient (Wildman–Crippen LogP) is 5.77. The van der Waals surface area contributed by atoms with Gasteiger partial charge in [0.15, 0.2) is 0 Å². The van der Waals surface area contributed by atoms with Gasteiger partial charge in [-0.05, 0) is 54.1 Å². The lowest BCUT2D eigenvalue weighted by atomic mass is 10.2. The van der Waals surface area contributed by atoms with E-state index in [-0.39, 0.29) is 11.9 Å². The van der Waals surface area contributed by atoms with Crippen molar-refractivity contribution >= 4 is 23.3 Å². The van der Waals surface area contributed by atoms with Gasteiger partial charge in [0.1, 0.15) is 5.76 Å². The number of furan rings is 1. The fourth-order valence-corrected chi connectivity index (χ4v) is 3.23. The zero-order valence-corrected chi connectivity index (χ0v) is 17.4. The van der Waals surface area contributed by atoms with Crippen LogP contribution in [0.5, 0.6) is 0 Å². The van der Waals surface area contributed by atoms with Crippen LogP contribution in [0.25, 0.3) is 0 Å². The lowest BCUT2D eigenvalue weighted by Gasteiger charge is -2.22. The van der Waals surface area contributed by atoms with Crippen molar-refractivity contribution in [3.8, 4) is 0 Å². The summed E-state index contributed by atoms with van der Waals surface area (Å²) in [6.07, 6.45) is 1.59. The van der Waals surface area contributed by atoms with Gasteiger partial charge in [0.25, 0.3) is 5.91 Å². The van der Waals surface area contributed by atoms with Crippen molar-refractivity contribution in [2.45, 2.75) is 13.1 Å². The Morgan fingerprint density at radius 3 is 2.00 bits per heavy atom. The van der Waals surface area contributed by atoms with Gasteiger partial charge in [-0.25, -0.2) is 4.79 Å². The third-order valence-corrected chi connectivity index (χ3v) is 4.86. The monoisotopic (exact) mass is 425 g/mol. The molecule has 0 aliphatic heterocycles. The minimum absolute atomic E-state index is 0.211. The summed E-state index contributed by atoms with van der Waals surface area (Å²) in [6, 6.07) is 29.2. The molecule has 160 valence electrons. The topological polar surface area (TPSA) is 74.6 Å². The molecule has 4 rings (SSSR count). The molecule has 32 heavy (non-hydrogen) atoms.